The molecule has 1 spiro atoms. The molecule has 0 amide bonds. The fourth-order valence-electron chi connectivity index (χ4n) is 2.38. The minimum atomic E-state index is -0.461. The van der Waals surface area contributed by atoms with Gasteiger partial charge in [-0.3, -0.25) is 0 Å². The summed E-state index contributed by atoms with van der Waals surface area (Å²) in [6, 6.07) is 5.52. The highest BCUT2D eigenvalue weighted by Crippen LogP contribution is 2.42. The monoisotopic (exact) mass is 223 g/mol. The van der Waals surface area contributed by atoms with E-state index in [4.69, 9.17) is 16.3 Å². The van der Waals surface area contributed by atoms with E-state index in [-0.39, 0.29) is 5.97 Å². The van der Waals surface area contributed by atoms with Crippen molar-refractivity contribution in [1.82, 2.24) is 5.32 Å². The second-order valence-corrected chi connectivity index (χ2v) is 4.38. The number of carbonyl (C=O) groups excluding carboxylic acids is 1. The van der Waals surface area contributed by atoms with Gasteiger partial charge in [-0.05, 0) is 12.6 Å². The summed E-state index contributed by atoms with van der Waals surface area (Å²) < 4.78 is 5.48. The Hall–Kier alpha value is -1.06. The molecule has 1 N–H and O–H groups in total. The first-order valence-corrected chi connectivity index (χ1v) is 5.34. The van der Waals surface area contributed by atoms with E-state index in [1.54, 1.807) is 6.07 Å². The Bertz CT molecular complexity index is 438. The minimum Gasteiger partial charge on any atom is -0.449 e. The Balaban J connectivity index is 2.22. The van der Waals surface area contributed by atoms with Crippen molar-refractivity contribution in [2.75, 3.05) is 13.1 Å². The Morgan fingerprint density at radius 2 is 2.33 bits per heavy atom. The Kier molecular flexibility index (Phi) is 1.82. The van der Waals surface area contributed by atoms with Gasteiger partial charge in [0, 0.05) is 18.5 Å². The van der Waals surface area contributed by atoms with Gasteiger partial charge in [0.25, 0.3) is 0 Å². The third kappa shape index (κ3) is 1.13. The van der Waals surface area contributed by atoms with E-state index in [1.807, 2.05) is 12.1 Å². The van der Waals surface area contributed by atoms with Crippen LogP contribution in [0.25, 0.3) is 0 Å². The lowest BCUT2D eigenvalue weighted by Crippen LogP contribution is -2.28. The molecule has 0 saturated carbocycles. The summed E-state index contributed by atoms with van der Waals surface area (Å²) in [6.07, 6.45) is 0.825. The highest BCUT2D eigenvalue weighted by molar-refractivity contribution is 6.34. The maximum atomic E-state index is 11.7. The van der Waals surface area contributed by atoms with Crippen LogP contribution in [0, 0.1) is 0 Å². The van der Waals surface area contributed by atoms with Crippen LogP contribution in [0.2, 0.25) is 5.02 Å². The van der Waals surface area contributed by atoms with Crippen molar-refractivity contribution < 1.29 is 9.53 Å². The molecule has 3 nitrogen and oxygen atoms in total. The molecule has 1 atom stereocenters. The van der Waals surface area contributed by atoms with Gasteiger partial charge in [-0.15, -0.1) is 0 Å². The molecule has 3 rings (SSSR count). The standard InChI is InChI=1S/C11H10ClNO2/c12-8-3-1-2-7-9(8)10(14)15-11(7)4-5-13-6-11/h1-3,13H,4-6H2. The SMILES string of the molecule is O=C1OC2(CCNC2)c2cccc(Cl)c21. The van der Waals surface area contributed by atoms with Gasteiger partial charge in [-0.25, -0.2) is 4.79 Å². The average Bonchev–Trinajstić information content (AvgIpc) is 2.76. The van der Waals surface area contributed by atoms with Crippen LogP contribution in [0.4, 0.5) is 0 Å². The number of fused-ring (bicyclic) bond motifs is 2. The van der Waals surface area contributed by atoms with Crippen molar-refractivity contribution in [2.45, 2.75) is 12.0 Å². The minimum absolute atomic E-state index is 0.292. The quantitative estimate of drug-likeness (QED) is 0.681. The maximum Gasteiger partial charge on any atom is 0.341 e. The summed E-state index contributed by atoms with van der Waals surface area (Å²) in [7, 11) is 0. The van der Waals surface area contributed by atoms with Gasteiger partial charge < -0.3 is 10.1 Å². The third-order valence-electron chi connectivity index (χ3n) is 3.11. The maximum absolute atomic E-state index is 11.7. The van der Waals surface area contributed by atoms with E-state index in [1.165, 1.54) is 0 Å². The Morgan fingerprint density at radius 1 is 1.47 bits per heavy atom. The Morgan fingerprint density at radius 3 is 3.07 bits per heavy atom. The molecule has 1 fully saturated rings. The van der Waals surface area contributed by atoms with Crippen LogP contribution in [0.5, 0.6) is 0 Å². The van der Waals surface area contributed by atoms with Crippen molar-refractivity contribution in [3.05, 3.63) is 34.3 Å². The highest BCUT2D eigenvalue weighted by Gasteiger charge is 2.48. The smallest absolute Gasteiger partial charge is 0.341 e. The van der Waals surface area contributed by atoms with Gasteiger partial charge in [0.2, 0.25) is 0 Å². The number of nitrogens with one attached hydrogen (secondary N) is 1. The lowest BCUT2D eigenvalue weighted by Gasteiger charge is -2.21. The number of esters is 1. The molecule has 0 bridgehead atoms. The molecule has 1 saturated heterocycles. The van der Waals surface area contributed by atoms with E-state index in [9.17, 15) is 4.79 Å². The number of ether oxygens (including phenoxy) is 1. The number of hydrogen-bond acceptors (Lipinski definition) is 3. The molecule has 2 heterocycles. The van der Waals surface area contributed by atoms with Crippen molar-refractivity contribution >= 4 is 17.6 Å². The molecule has 0 radical (unpaired) electrons. The van der Waals surface area contributed by atoms with Crippen LogP contribution >= 0.6 is 11.6 Å². The van der Waals surface area contributed by atoms with E-state index in [0.29, 0.717) is 17.1 Å². The van der Waals surface area contributed by atoms with Crippen LogP contribution < -0.4 is 5.32 Å². The highest BCUT2D eigenvalue weighted by atomic mass is 35.5. The largest absolute Gasteiger partial charge is 0.449 e. The van der Waals surface area contributed by atoms with Gasteiger partial charge >= 0.3 is 5.97 Å². The normalized spacial score (nSPS) is 28.2. The zero-order valence-corrected chi connectivity index (χ0v) is 8.80. The van der Waals surface area contributed by atoms with E-state index >= 15 is 0 Å². The van der Waals surface area contributed by atoms with Crippen molar-refractivity contribution in [2.24, 2.45) is 0 Å². The van der Waals surface area contributed by atoms with E-state index in [0.717, 1.165) is 18.5 Å². The molecule has 2 aliphatic rings. The first kappa shape index (κ1) is 9.19. The molecule has 1 aromatic carbocycles. The summed E-state index contributed by atoms with van der Waals surface area (Å²) in [4.78, 5) is 11.7. The third-order valence-corrected chi connectivity index (χ3v) is 3.43. The molecule has 1 aromatic rings. The zero-order valence-electron chi connectivity index (χ0n) is 8.05. The lowest BCUT2D eigenvalue weighted by atomic mass is 9.91. The predicted octanol–water partition coefficient (Wildman–Crippen LogP) is 1.70. The molecule has 1 unspecified atom stereocenters. The molecule has 4 heteroatoms. The second-order valence-electron chi connectivity index (χ2n) is 3.97. The lowest BCUT2D eigenvalue weighted by molar-refractivity contribution is 0.00165. The van der Waals surface area contributed by atoms with E-state index < -0.39 is 5.60 Å². The molecular formula is C11H10ClNO2. The fraction of sp³-hybridized carbons (Fsp3) is 0.364. The Labute approximate surface area is 92.4 Å². The van der Waals surface area contributed by atoms with Gasteiger partial charge in [0.05, 0.1) is 10.6 Å². The van der Waals surface area contributed by atoms with Crippen molar-refractivity contribution in [3.63, 3.8) is 0 Å². The van der Waals surface area contributed by atoms with Crippen LogP contribution in [-0.2, 0) is 10.3 Å². The molecular weight excluding hydrogens is 214 g/mol. The van der Waals surface area contributed by atoms with Crippen molar-refractivity contribution in [3.8, 4) is 0 Å². The van der Waals surface area contributed by atoms with Gasteiger partial charge in [0.15, 0.2) is 5.60 Å². The zero-order chi connectivity index (χ0) is 10.5. The molecule has 15 heavy (non-hydrogen) atoms. The number of rotatable bonds is 0. The topological polar surface area (TPSA) is 38.3 Å². The summed E-state index contributed by atoms with van der Waals surface area (Å²) in [5.74, 6) is -0.292. The second kappa shape index (κ2) is 2.97. The van der Waals surface area contributed by atoms with Crippen LogP contribution in [-0.4, -0.2) is 19.1 Å². The van der Waals surface area contributed by atoms with Gasteiger partial charge in [-0.2, -0.15) is 0 Å². The average molecular weight is 224 g/mol. The van der Waals surface area contributed by atoms with E-state index in [2.05, 4.69) is 5.32 Å². The van der Waals surface area contributed by atoms with Crippen LogP contribution in [0.15, 0.2) is 18.2 Å². The molecule has 0 aromatic heterocycles. The van der Waals surface area contributed by atoms with Crippen LogP contribution in [0.3, 0.4) is 0 Å². The number of carbonyl (C=O) groups is 1. The molecule has 78 valence electrons. The summed E-state index contributed by atoms with van der Waals surface area (Å²) in [6.45, 7) is 1.56. The first-order chi connectivity index (χ1) is 7.23. The number of benzene rings is 1. The summed E-state index contributed by atoms with van der Waals surface area (Å²) in [5.41, 5.74) is 1.02. The first-order valence-electron chi connectivity index (χ1n) is 4.96. The number of hydrogen-bond donors (Lipinski definition) is 1. The predicted molar refractivity (Wildman–Crippen MR) is 56.0 cm³/mol. The van der Waals surface area contributed by atoms with Crippen molar-refractivity contribution in [1.29, 1.82) is 0 Å². The van der Waals surface area contributed by atoms with Crippen LogP contribution in [0.1, 0.15) is 22.3 Å². The fourth-order valence-corrected chi connectivity index (χ4v) is 2.63. The summed E-state index contributed by atoms with van der Waals surface area (Å²) >= 11 is 6.00. The van der Waals surface area contributed by atoms with Gasteiger partial charge in [-0.1, -0.05) is 23.7 Å². The number of halogens is 1. The van der Waals surface area contributed by atoms with Gasteiger partial charge in [0.1, 0.15) is 0 Å². The summed E-state index contributed by atoms with van der Waals surface area (Å²) in [5, 5.41) is 3.70. The molecule has 2 aliphatic heterocycles. The molecule has 0 aliphatic carbocycles.